The standard InChI is InChI=1S/C16H24Cl2N4O2/c1-2-15(23)21-3-5-22(6-4-21)16(24)9-14-10-7-11(17)12(18)8-13(10)19-20-14/h2,10-14,19-20H,1,3-9H2. The highest BCUT2D eigenvalue weighted by atomic mass is 35.5. The minimum atomic E-state index is -0.0717. The Kier molecular flexibility index (Phi) is 5.70. The molecule has 5 unspecified atom stereocenters. The monoisotopic (exact) mass is 374 g/mol. The van der Waals surface area contributed by atoms with Crippen LogP contribution in [0.25, 0.3) is 0 Å². The van der Waals surface area contributed by atoms with Gasteiger partial charge in [-0.15, -0.1) is 23.2 Å². The van der Waals surface area contributed by atoms with Crippen molar-refractivity contribution in [2.45, 2.75) is 42.1 Å². The zero-order chi connectivity index (χ0) is 17.3. The zero-order valence-electron chi connectivity index (χ0n) is 13.6. The maximum atomic E-state index is 12.6. The van der Waals surface area contributed by atoms with E-state index in [1.54, 1.807) is 4.90 Å². The number of piperazine rings is 1. The van der Waals surface area contributed by atoms with Crippen LogP contribution in [0.4, 0.5) is 0 Å². The maximum Gasteiger partial charge on any atom is 0.246 e. The number of alkyl halides is 2. The highest BCUT2D eigenvalue weighted by Gasteiger charge is 2.44. The third-order valence-corrected chi connectivity index (χ3v) is 6.46. The van der Waals surface area contributed by atoms with Gasteiger partial charge in [0.25, 0.3) is 0 Å². The van der Waals surface area contributed by atoms with Gasteiger partial charge in [0.05, 0.1) is 10.8 Å². The molecule has 2 saturated heterocycles. The fraction of sp³-hybridized carbons (Fsp3) is 0.750. The SMILES string of the molecule is C=CC(=O)N1CCN(C(=O)CC2NNC3CC(Cl)C(Cl)CC23)CC1. The number of nitrogens with one attached hydrogen (secondary N) is 2. The van der Waals surface area contributed by atoms with Gasteiger partial charge in [0.2, 0.25) is 11.8 Å². The van der Waals surface area contributed by atoms with Crippen molar-refractivity contribution in [1.82, 2.24) is 20.7 Å². The van der Waals surface area contributed by atoms with Crippen LogP contribution in [0, 0.1) is 5.92 Å². The lowest BCUT2D eigenvalue weighted by molar-refractivity contribution is -0.137. The predicted molar refractivity (Wildman–Crippen MR) is 93.8 cm³/mol. The van der Waals surface area contributed by atoms with Gasteiger partial charge in [-0.1, -0.05) is 6.58 Å². The lowest BCUT2D eigenvalue weighted by Gasteiger charge is -2.36. The summed E-state index contributed by atoms with van der Waals surface area (Å²) in [5.74, 6) is 0.382. The number of rotatable bonds is 3. The molecule has 2 N–H and O–H groups in total. The van der Waals surface area contributed by atoms with Crippen LogP contribution in [0.5, 0.6) is 0 Å². The van der Waals surface area contributed by atoms with Gasteiger partial charge in [-0.05, 0) is 24.8 Å². The van der Waals surface area contributed by atoms with Gasteiger partial charge in [0.15, 0.2) is 0 Å². The minimum absolute atomic E-state index is 0.0212. The van der Waals surface area contributed by atoms with E-state index >= 15 is 0 Å². The van der Waals surface area contributed by atoms with E-state index in [2.05, 4.69) is 17.4 Å². The summed E-state index contributed by atoms with van der Waals surface area (Å²) in [4.78, 5) is 27.8. The highest BCUT2D eigenvalue weighted by molar-refractivity contribution is 6.30. The first kappa shape index (κ1) is 18.0. The molecule has 3 rings (SSSR count). The van der Waals surface area contributed by atoms with Gasteiger partial charge in [-0.3, -0.25) is 20.4 Å². The van der Waals surface area contributed by atoms with Crippen LogP contribution in [0.3, 0.4) is 0 Å². The second kappa shape index (κ2) is 7.60. The number of carbonyl (C=O) groups excluding carboxylic acids is 2. The normalized spacial score (nSPS) is 36.3. The Bertz CT molecular complexity index is 510. The van der Waals surface area contributed by atoms with E-state index in [1.165, 1.54) is 6.08 Å². The van der Waals surface area contributed by atoms with Gasteiger partial charge in [0.1, 0.15) is 0 Å². The van der Waals surface area contributed by atoms with Crippen LogP contribution in [0.15, 0.2) is 12.7 Å². The number of carbonyl (C=O) groups is 2. The smallest absolute Gasteiger partial charge is 0.246 e. The van der Waals surface area contributed by atoms with Crippen LogP contribution in [-0.2, 0) is 9.59 Å². The summed E-state index contributed by atoms with van der Waals surface area (Å²) >= 11 is 12.6. The van der Waals surface area contributed by atoms with Crippen molar-refractivity contribution in [2.75, 3.05) is 26.2 Å². The van der Waals surface area contributed by atoms with Crippen LogP contribution in [-0.4, -0.2) is 70.6 Å². The Morgan fingerprint density at radius 1 is 1.04 bits per heavy atom. The average Bonchev–Trinajstić information content (AvgIpc) is 2.96. The van der Waals surface area contributed by atoms with Gasteiger partial charge in [-0.25, -0.2) is 0 Å². The number of nitrogens with zero attached hydrogens (tertiary/aromatic N) is 2. The summed E-state index contributed by atoms with van der Waals surface area (Å²) in [5.41, 5.74) is 6.52. The molecule has 1 aliphatic carbocycles. The molecule has 134 valence electrons. The number of hydrogen-bond donors (Lipinski definition) is 2. The Balaban J connectivity index is 1.51. The average molecular weight is 375 g/mol. The Hall–Kier alpha value is -0.820. The molecule has 2 heterocycles. The van der Waals surface area contributed by atoms with Gasteiger partial charge in [0, 0.05) is 44.7 Å². The van der Waals surface area contributed by atoms with E-state index in [0.717, 1.165) is 12.8 Å². The summed E-state index contributed by atoms with van der Waals surface area (Å²) < 4.78 is 0. The Labute approximate surface area is 152 Å². The molecule has 2 aliphatic heterocycles. The molecular weight excluding hydrogens is 351 g/mol. The van der Waals surface area contributed by atoms with Gasteiger partial charge < -0.3 is 9.80 Å². The van der Waals surface area contributed by atoms with Crippen molar-refractivity contribution in [3.8, 4) is 0 Å². The fourth-order valence-corrected chi connectivity index (χ4v) is 4.50. The third kappa shape index (κ3) is 3.72. The molecule has 6 nitrogen and oxygen atoms in total. The summed E-state index contributed by atoms with van der Waals surface area (Å²) in [5, 5.41) is -0.0622. The van der Waals surface area contributed by atoms with Crippen LogP contribution in [0.1, 0.15) is 19.3 Å². The number of hydrogen-bond acceptors (Lipinski definition) is 4. The molecule has 0 aromatic heterocycles. The molecule has 1 saturated carbocycles. The molecule has 0 aromatic rings. The molecule has 3 aliphatic rings. The number of amides is 2. The quantitative estimate of drug-likeness (QED) is 0.563. The molecule has 0 radical (unpaired) electrons. The molecule has 0 bridgehead atoms. The molecular formula is C16H24Cl2N4O2. The lowest BCUT2D eigenvalue weighted by Crippen LogP contribution is -2.51. The largest absolute Gasteiger partial charge is 0.339 e. The van der Waals surface area contributed by atoms with Crippen molar-refractivity contribution in [3.05, 3.63) is 12.7 Å². The summed E-state index contributed by atoms with van der Waals surface area (Å²) in [6.45, 7) is 5.79. The number of hydrazine groups is 1. The first-order chi connectivity index (χ1) is 11.5. The van der Waals surface area contributed by atoms with E-state index in [-0.39, 0.29) is 34.7 Å². The van der Waals surface area contributed by atoms with Crippen molar-refractivity contribution < 1.29 is 9.59 Å². The summed E-state index contributed by atoms with van der Waals surface area (Å²) in [6, 6.07) is 0.364. The lowest BCUT2D eigenvalue weighted by atomic mass is 9.80. The van der Waals surface area contributed by atoms with Crippen molar-refractivity contribution in [3.63, 3.8) is 0 Å². The molecule has 3 fully saturated rings. The van der Waals surface area contributed by atoms with E-state index in [0.29, 0.717) is 38.5 Å². The Morgan fingerprint density at radius 2 is 1.67 bits per heavy atom. The van der Waals surface area contributed by atoms with E-state index < -0.39 is 0 Å². The first-order valence-electron chi connectivity index (χ1n) is 8.48. The topological polar surface area (TPSA) is 64.7 Å². The van der Waals surface area contributed by atoms with Crippen molar-refractivity contribution >= 4 is 35.0 Å². The molecule has 8 heteroatoms. The molecule has 2 amide bonds. The maximum absolute atomic E-state index is 12.6. The Morgan fingerprint density at radius 3 is 2.33 bits per heavy atom. The van der Waals surface area contributed by atoms with Crippen molar-refractivity contribution in [2.24, 2.45) is 5.92 Å². The van der Waals surface area contributed by atoms with E-state index in [1.807, 2.05) is 4.90 Å². The van der Waals surface area contributed by atoms with Gasteiger partial charge >= 0.3 is 0 Å². The van der Waals surface area contributed by atoms with Crippen molar-refractivity contribution in [1.29, 1.82) is 0 Å². The number of fused-ring (bicyclic) bond motifs is 1. The van der Waals surface area contributed by atoms with Crippen LogP contribution in [0.2, 0.25) is 0 Å². The van der Waals surface area contributed by atoms with E-state index in [9.17, 15) is 9.59 Å². The summed E-state index contributed by atoms with van der Waals surface area (Å²) in [6.07, 6.45) is 3.40. The van der Waals surface area contributed by atoms with Crippen LogP contribution < -0.4 is 10.9 Å². The molecule has 5 atom stereocenters. The molecule has 0 aromatic carbocycles. The predicted octanol–water partition coefficient (Wildman–Crippen LogP) is 0.703. The minimum Gasteiger partial charge on any atom is -0.339 e. The van der Waals surface area contributed by atoms with Crippen LogP contribution >= 0.6 is 23.2 Å². The fourth-order valence-electron chi connectivity index (χ4n) is 3.89. The third-order valence-electron chi connectivity index (χ3n) is 5.37. The zero-order valence-corrected chi connectivity index (χ0v) is 15.1. The molecule has 24 heavy (non-hydrogen) atoms. The summed E-state index contributed by atoms with van der Waals surface area (Å²) in [7, 11) is 0. The van der Waals surface area contributed by atoms with Gasteiger partial charge in [-0.2, -0.15) is 0 Å². The van der Waals surface area contributed by atoms with E-state index in [4.69, 9.17) is 23.2 Å². The number of halogens is 2. The second-order valence-electron chi connectivity index (χ2n) is 6.78. The second-order valence-corrected chi connectivity index (χ2v) is 7.90. The molecule has 0 spiro atoms. The first-order valence-corrected chi connectivity index (χ1v) is 9.35. The highest BCUT2D eigenvalue weighted by Crippen LogP contribution is 2.36.